The molecular formula is C14H24N4O. The topological polar surface area (TPSA) is 50.2 Å². The Morgan fingerprint density at radius 3 is 2.89 bits per heavy atom. The molecule has 1 aromatic rings. The van der Waals surface area contributed by atoms with Gasteiger partial charge in [0.1, 0.15) is 0 Å². The summed E-state index contributed by atoms with van der Waals surface area (Å²) in [4.78, 5) is 14.0. The Bertz CT molecular complexity index is 467. The fraction of sp³-hybridized carbons (Fsp3) is 0.714. The van der Waals surface area contributed by atoms with E-state index in [0.717, 1.165) is 18.8 Å². The molecule has 0 aromatic carbocycles. The molecule has 19 heavy (non-hydrogen) atoms. The average molecular weight is 264 g/mol. The summed E-state index contributed by atoms with van der Waals surface area (Å²) in [6.45, 7) is 6.70. The minimum atomic E-state index is -0.0175. The van der Waals surface area contributed by atoms with Gasteiger partial charge < -0.3 is 10.2 Å². The van der Waals surface area contributed by atoms with Crippen molar-refractivity contribution in [2.75, 3.05) is 25.0 Å². The SMILES string of the molecule is CCN(C)c1cnn(CC(C)CNC2CC2)c(=O)c1. The molecule has 2 rings (SSSR count). The van der Waals surface area contributed by atoms with Crippen molar-refractivity contribution >= 4 is 5.69 Å². The highest BCUT2D eigenvalue weighted by atomic mass is 16.1. The van der Waals surface area contributed by atoms with Crippen molar-refractivity contribution in [2.24, 2.45) is 5.92 Å². The predicted octanol–water partition coefficient (Wildman–Crippen LogP) is 1.09. The third kappa shape index (κ3) is 4.06. The van der Waals surface area contributed by atoms with E-state index in [2.05, 4.69) is 24.3 Å². The molecule has 1 saturated carbocycles. The first-order valence-electron chi connectivity index (χ1n) is 7.11. The predicted molar refractivity (Wildman–Crippen MR) is 77.6 cm³/mol. The van der Waals surface area contributed by atoms with Crippen LogP contribution in [0, 0.1) is 5.92 Å². The van der Waals surface area contributed by atoms with E-state index in [1.54, 1.807) is 16.9 Å². The maximum absolute atomic E-state index is 12.0. The molecule has 0 radical (unpaired) electrons. The van der Waals surface area contributed by atoms with Crippen LogP contribution in [0.5, 0.6) is 0 Å². The van der Waals surface area contributed by atoms with E-state index in [9.17, 15) is 4.79 Å². The van der Waals surface area contributed by atoms with Gasteiger partial charge in [0.15, 0.2) is 0 Å². The van der Waals surface area contributed by atoms with E-state index in [1.807, 2.05) is 11.9 Å². The highest BCUT2D eigenvalue weighted by molar-refractivity contribution is 5.41. The molecule has 1 heterocycles. The van der Waals surface area contributed by atoms with Crippen molar-refractivity contribution in [3.8, 4) is 0 Å². The highest BCUT2D eigenvalue weighted by Crippen LogP contribution is 2.18. The summed E-state index contributed by atoms with van der Waals surface area (Å²) >= 11 is 0. The molecule has 1 unspecified atom stereocenters. The second-order valence-electron chi connectivity index (χ2n) is 5.54. The summed E-state index contributed by atoms with van der Waals surface area (Å²) in [6.07, 6.45) is 4.36. The van der Waals surface area contributed by atoms with Crippen molar-refractivity contribution in [3.63, 3.8) is 0 Å². The number of nitrogens with zero attached hydrogens (tertiary/aromatic N) is 3. The van der Waals surface area contributed by atoms with Gasteiger partial charge in [-0.05, 0) is 32.2 Å². The first-order valence-corrected chi connectivity index (χ1v) is 7.11. The van der Waals surface area contributed by atoms with Crippen LogP contribution < -0.4 is 15.8 Å². The Morgan fingerprint density at radius 1 is 1.58 bits per heavy atom. The van der Waals surface area contributed by atoms with Crippen LogP contribution in [0.2, 0.25) is 0 Å². The van der Waals surface area contributed by atoms with Gasteiger partial charge in [-0.15, -0.1) is 0 Å². The van der Waals surface area contributed by atoms with Crippen LogP contribution in [0.15, 0.2) is 17.1 Å². The van der Waals surface area contributed by atoms with Crippen molar-refractivity contribution in [3.05, 3.63) is 22.6 Å². The van der Waals surface area contributed by atoms with E-state index >= 15 is 0 Å². The molecule has 106 valence electrons. The van der Waals surface area contributed by atoms with Gasteiger partial charge in [0, 0.05) is 32.2 Å². The monoisotopic (exact) mass is 264 g/mol. The van der Waals surface area contributed by atoms with Crippen molar-refractivity contribution in [2.45, 2.75) is 39.3 Å². The van der Waals surface area contributed by atoms with Gasteiger partial charge in [-0.3, -0.25) is 4.79 Å². The quantitative estimate of drug-likeness (QED) is 0.801. The summed E-state index contributed by atoms with van der Waals surface area (Å²) in [5.74, 6) is 0.417. The van der Waals surface area contributed by atoms with E-state index in [0.29, 0.717) is 18.5 Å². The summed E-state index contributed by atoms with van der Waals surface area (Å²) in [5, 5.41) is 7.75. The molecule has 0 spiro atoms. The molecule has 5 nitrogen and oxygen atoms in total. The zero-order valence-corrected chi connectivity index (χ0v) is 12.1. The number of aromatic nitrogens is 2. The van der Waals surface area contributed by atoms with Crippen LogP contribution in [-0.2, 0) is 6.54 Å². The van der Waals surface area contributed by atoms with Gasteiger partial charge in [-0.2, -0.15) is 5.10 Å². The first-order chi connectivity index (χ1) is 9.10. The van der Waals surface area contributed by atoms with Gasteiger partial charge in [0.2, 0.25) is 0 Å². The van der Waals surface area contributed by atoms with Crippen LogP contribution in [0.25, 0.3) is 0 Å². The van der Waals surface area contributed by atoms with Crippen LogP contribution in [0.3, 0.4) is 0 Å². The van der Waals surface area contributed by atoms with Crippen LogP contribution in [-0.4, -0.2) is 36.0 Å². The molecule has 1 aliphatic carbocycles. The summed E-state index contributed by atoms with van der Waals surface area (Å²) in [5.41, 5.74) is 0.864. The lowest BCUT2D eigenvalue weighted by molar-refractivity contribution is 0.409. The maximum atomic E-state index is 12.0. The third-order valence-corrected chi connectivity index (χ3v) is 3.59. The Kier molecular flexibility index (Phi) is 4.58. The van der Waals surface area contributed by atoms with Gasteiger partial charge in [-0.25, -0.2) is 4.68 Å². The van der Waals surface area contributed by atoms with Crippen LogP contribution in [0.4, 0.5) is 5.69 Å². The summed E-state index contributed by atoms with van der Waals surface area (Å²) in [7, 11) is 1.96. The van der Waals surface area contributed by atoms with Gasteiger partial charge in [-0.1, -0.05) is 6.92 Å². The molecule has 1 atom stereocenters. The summed E-state index contributed by atoms with van der Waals surface area (Å²) < 4.78 is 1.56. The number of hydrogen-bond donors (Lipinski definition) is 1. The average Bonchev–Trinajstić information content (AvgIpc) is 3.22. The van der Waals surface area contributed by atoms with Crippen LogP contribution in [0.1, 0.15) is 26.7 Å². The molecule has 5 heteroatoms. The van der Waals surface area contributed by atoms with Crippen LogP contribution >= 0.6 is 0 Å². The molecule has 0 amide bonds. The zero-order chi connectivity index (χ0) is 13.8. The number of nitrogens with one attached hydrogen (secondary N) is 1. The zero-order valence-electron chi connectivity index (χ0n) is 12.1. The molecule has 1 fully saturated rings. The molecular weight excluding hydrogens is 240 g/mol. The lowest BCUT2D eigenvalue weighted by Crippen LogP contribution is -2.31. The van der Waals surface area contributed by atoms with Crippen molar-refractivity contribution in [1.29, 1.82) is 0 Å². The minimum Gasteiger partial charge on any atom is -0.373 e. The van der Waals surface area contributed by atoms with E-state index < -0.39 is 0 Å². The Hall–Kier alpha value is -1.36. The maximum Gasteiger partial charge on any atom is 0.268 e. The van der Waals surface area contributed by atoms with Gasteiger partial charge >= 0.3 is 0 Å². The van der Waals surface area contributed by atoms with Gasteiger partial charge in [0.05, 0.1) is 11.9 Å². The van der Waals surface area contributed by atoms with Crippen molar-refractivity contribution < 1.29 is 0 Å². The Balaban J connectivity index is 1.93. The second kappa shape index (κ2) is 6.19. The van der Waals surface area contributed by atoms with E-state index in [-0.39, 0.29) is 5.56 Å². The largest absolute Gasteiger partial charge is 0.373 e. The lowest BCUT2D eigenvalue weighted by atomic mass is 10.2. The van der Waals surface area contributed by atoms with E-state index in [1.165, 1.54) is 12.8 Å². The Labute approximate surface area is 114 Å². The number of rotatable bonds is 7. The molecule has 1 N–H and O–H groups in total. The fourth-order valence-corrected chi connectivity index (χ4v) is 1.97. The summed E-state index contributed by atoms with van der Waals surface area (Å²) in [6, 6.07) is 2.38. The normalized spacial score (nSPS) is 16.4. The highest BCUT2D eigenvalue weighted by Gasteiger charge is 2.21. The van der Waals surface area contributed by atoms with Crippen molar-refractivity contribution in [1.82, 2.24) is 15.1 Å². The number of hydrogen-bond acceptors (Lipinski definition) is 4. The van der Waals surface area contributed by atoms with Gasteiger partial charge in [0.25, 0.3) is 5.56 Å². The fourth-order valence-electron chi connectivity index (χ4n) is 1.97. The lowest BCUT2D eigenvalue weighted by Gasteiger charge is -2.17. The standard InChI is InChI=1S/C14H24N4O/c1-4-17(3)13-7-14(19)18(16-9-13)10-11(2)8-15-12-5-6-12/h7,9,11-12,15H,4-6,8,10H2,1-3H3. The van der Waals surface area contributed by atoms with E-state index in [4.69, 9.17) is 0 Å². The first kappa shape index (κ1) is 14.1. The molecule has 0 aliphatic heterocycles. The number of anilines is 1. The second-order valence-corrected chi connectivity index (χ2v) is 5.54. The minimum absolute atomic E-state index is 0.0175. The molecule has 1 aromatic heterocycles. The molecule has 0 bridgehead atoms. The smallest absolute Gasteiger partial charge is 0.268 e. The molecule has 0 saturated heterocycles. The Morgan fingerprint density at radius 2 is 2.32 bits per heavy atom. The molecule has 1 aliphatic rings. The third-order valence-electron chi connectivity index (χ3n) is 3.59.